The Kier molecular flexibility index (Phi) is 15.9. The summed E-state index contributed by atoms with van der Waals surface area (Å²) in [6.07, 6.45) is 14.9. The average Bonchev–Trinajstić information content (AvgIpc) is 2.78. The molecule has 0 saturated carbocycles. The van der Waals surface area contributed by atoms with E-state index in [-0.39, 0.29) is 0 Å². The number of aliphatic hydroxyl groups is 4. The van der Waals surface area contributed by atoms with Gasteiger partial charge in [0.1, 0.15) is 30.6 Å². The summed E-state index contributed by atoms with van der Waals surface area (Å²) in [6.45, 7) is 0.868. The second-order valence-electron chi connectivity index (χ2n) is 8.86. The van der Waals surface area contributed by atoms with Gasteiger partial charge in [0.25, 0.3) is 0 Å². The monoisotopic (exact) mass is 432 g/mol. The fraction of sp³-hybridized carbons (Fsp3) is 1.00. The largest absolute Gasteiger partial charge is 0.394 e. The van der Waals surface area contributed by atoms with Crippen molar-refractivity contribution in [3.63, 3.8) is 0 Å². The summed E-state index contributed by atoms with van der Waals surface area (Å²) >= 11 is 0. The van der Waals surface area contributed by atoms with Crippen LogP contribution in [-0.4, -0.2) is 64.2 Å². The standard InChI is InChI=1S/C24H49NO5/c1-2-3-4-5-6-7-8-9-10-11-12-13-14-15-16-17-18-25-24-23(29)22(28)21(27)20(19-26)30-24/h20-29H,2-19H2,1H3/t20-,21-,22+,23-,24?/m1/s1/i1D. The molecule has 0 spiro atoms. The number of ether oxygens (including phenoxy) is 1. The van der Waals surface area contributed by atoms with Crippen LogP contribution in [0.4, 0.5) is 0 Å². The highest BCUT2D eigenvalue weighted by Gasteiger charge is 2.42. The lowest BCUT2D eigenvalue weighted by atomic mass is 9.98. The molecule has 0 aromatic rings. The zero-order chi connectivity index (χ0) is 22.7. The molecule has 5 atom stereocenters. The van der Waals surface area contributed by atoms with Gasteiger partial charge in [-0.25, -0.2) is 0 Å². The number of nitrogens with one attached hydrogen (secondary N) is 1. The highest BCUT2D eigenvalue weighted by molar-refractivity contribution is 4.90. The normalized spacial score (nSPS) is 27.3. The molecule has 0 aromatic heterocycles. The zero-order valence-electron chi connectivity index (χ0n) is 20.0. The Hall–Kier alpha value is -0.240. The van der Waals surface area contributed by atoms with Crippen molar-refractivity contribution in [1.82, 2.24) is 5.32 Å². The van der Waals surface area contributed by atoms with Crippen molar-refractivity contribution in [2.24, 2.45) is 0 Å². The van der Waals surface area contributed by atoms with Crippen LogP contribution < -0.4 is 5.32 Å². The summed E-state index contributed by atoms with van der Waals surface area (Å²) in [4.78, 5) is 0. The van der Waals surface area contributed by atoms with Crippen LogP contribution in [0.2, 0.25) is 0 Å². The molecule has 1 saturated heterocycles. The van der Waals surface area contributed by atoms with Crippen molar-refractivity contribution in [3.05, 3.63) is 0 Å². The van der Waals surface area contributed by atoms with Gasteiger partial charge in [-0.2, -0.15) is 0 Å². The second-order valence-corrected chi connectivity index (χ2v) is 8.86. The molecule has 0 aliphatic carbocycles. The van der Waals surface area contributed by atoms with Crippen LogP contribution in [0.3, 0.4) is 0 Å². The van der Waals surface area contributed by atoms with Gasteiger partial charge in [-0.1, -0.05) is 103 Å². The van der Waals surface area contributed by atoms with E-state index in [9.17, 15) is 20.4 Å². The zero-order valence-corrected chi connectivity index (χ0v) is 19.0. The van der Waals surface area contributed by atoms with E-state index < -0.39 is 37.3 Å². The Bertz CT molecular complexity index is 402. The number of unbranched alkanes of at least 4 members (excludes halogenated alkanes) is 15. The lowest BCUT2D eigenvalue weighted by Crippen LogP contribution is -2.62. The molecule has 1 aliphatic rings. The van der Waals surface area contributed by atoms with Crippen molar-refractivity contribution in [1.29, 1.82) is 0 Å². The first-order valence-electron chi connectivity index (χ1n) is 13.2. The first kappa shape index (κ1) is 26.0. The first-order chi connectivity index (χ1) is 15.1. The van der Waals surface area contributed by atoms with Crippen LogP contribution in [0.1, 0.15) is 111 Å². The first-order valence-corrected chi connectivity index (χ1v) is 12.4. The maximum Gasteiger partial charge on any atom is 0.137 e. The molecule has 5 N–H and O–H groups in total. The lowest BCUT2D eigenvalue weighted by molar-refractivity contribution is -0.236. The molecule has 30 heavy (non-hydrogen) atoms. The van der Waals surface area contributed by atoms with Crippen LogP contribution in [0, 0.1) is 0 Å². The van der Waals surface area contributed by atoms with E-state index in [4.69, 9.17) is 6.11 Å². The number of rotatable bonds is 19. The van der Waals surface area contributed by atoms with E-state index in [1.165, 1.54) is 83.5 Å². The summed E-state index contributed by atoms with van der Waals surface area (Å²) in [5.74, 6) is 0. The molecular formula is C24H49NO5. The van der Waals surface area contributed by atoms with E-state index >= 15 is 0 Å². The van der Waals surface area contributed by atoms with Crippen molar-refractivity contribution < 1.29 is 26.5 Å². The number of hydrogen-bond donors (Lipinski definition) is 5. The van der Waals surface area contributed by atoms with E-state index in [2.05, 4.69) is 5.32 Å². The van der Waals surface area contributed by atoms with Crippen LogP contribution >= 0.6 is 0 Å². The highest BCUT2D eigenvalue weighted by atomic mass is 16.6. The molecule has 1 heterocycles. The summed E-state index contributed by atoms with van der Waals surface area (Å²) in [5.41, 5.74) is 0. The van der Waals surface area contributed by atoms with Crippen molar-refractivity contribution >= 4 is 0 Å². The van der Waals surface area contributed by atoms with Gasteiger partial charge in [0.2, 0.25) is 0 Å². The van der Waals surface area contributed by atoms with Gasteiger partial charge in [0.15, 0.2) is 0 Å². The predicted octanol–water partition coefficient (Wildman–Crippen LogP) is 3.64. The quantitative estimate of drug-likeness (QED) is 0.200. The molecule has 6 heteroatoms. The number of aliphatic hydroxyl groups excluding tert-OH is 4. The van der Waals surface area contributed by atoms with Gasteiger partial charge in [0.05, 0.1) is 6.61 Å². The molecule has 0 radical (unpaired) electrons. The minimum atomic E-state index is -1.31. The minimum Gasteiger partial charge on any atom is -0.394 e. The molecular weight excluding hydrogens is 382 g/mol. The molecule has 1 fully saturated rings. The third-order valence-electron chi connectivity index (χ3n) is 6.16. The fourth-order valence-electron chi connectivity index (χ4n) is 4.11. The van der Waals surface area contributed by atoms with Crippen LogP contribution in [0.25, 0.3) is 0 Å². The second kappa shape index (κ2) is 18.3. The smallest absolute Gasteiger partial charge is 0.137 e. The van der Waals surface area contributed by atoms with Gasteiger partial charge in [-0.05, 0) is 13.0 Å². The van der Waals surface area contributed by atoms with Crippen LogP contribution in [0.15, 0.2) is 0 Å². The van der Waals surface area contributed by atoms with Crippen LogP contribution in [0.5, 0.6) is 0 Å². The Balaban J connectivity index is 1.84. The Morgan fingerprint density at radius 2 is 1.13 bits per heavy atom. The van der Waals surface area contributed by atoms with Crippen molar-refractivity contribution in [2.75, 3.05) is 13.2 Å². The van der Waals surface area contributed by atoms with E-state index in [0.29, 0.717) is 13.4 Å². The Morgan fingerprint density at radius 3 is 1.60 bits per heavy atom. The maximum atomic E-state index is 9.98. The minimum absolute atomic E-state index is 0.392. The van der Waals surface area contributed by atoms with Gasteiger partial charge >= 0.3 is 0 Å². The third-order valence-corrected chi connectivity index (χ3v) is 6.16. The highest BCUT2D eigenvalue weighted by Crippen LogP contribution is 2.20. The molecule has 1 unspecified atom stereocenters. The molecule has 1 aliphatic heterocycles. The summed E-state index contributed by atoms with van der Waals surface area (Å²) in [5, 5.41) is 41.8. The SMILES string of the molecule is [2H]CCCCCCCCCCCCCCCCCCNC1O[C@H](CO)[C@@H](O)[C@H](O)[C@H]1O. The maximum absolute atomic E-state index is 9.98. The predicted molar refractivity (Wildman–Crippen MR) is 121 cm³/mol. The molecule has 180 valence electrons. The number of hydrogen-bond acceptors (Lipinski definition) is 6. The Morgan fingerprint density at radius 1 is 0.667 bits per heavy atom. The third kappa shape index (κ3) is 12.0. The van der Waals surface area contributed by atoms with E-state index in [0.717, 1.165) is 19.3 Å². The lowest BCUT2D eigenvalue weighted by Gasteiger charge is -2.40. The molecule has 0 aromatic carbocycles. The molecule has 1 rings (SSSR count). The van der Waals surface area contributed by atoms with Crippen molar-refractivity contribution in [3.8, 4) is 0 Å². The molecule has 0 bridgehead atoms. The van der Waals surface area contributed by atoms with Gasteiger partial charge < -0.3 is 25.2 Å². The topological polar surface area (TPSA) is 102 Å². The summed E-state index contributed by atoms with van der Waals surface area (Å²) < 4.78 is 12.6. The molecule has 0 amide bonds. The van der Waals surface area contributed by atoms with E-state index in [1.54, 1.807) is 0 Å². The summed E-state index contributed by atoms with van der Waals surface area (Å²) in [7, 11) is 0. The van der Waals surface area contributed by atoms with E-state index in [1.807, 2.05) is 0 Å². The van der Waals surface area contributed by atoms with Crippen LogP contribution in [-0.2, 0) is 4.74 Å². The van der Waals surface area contributed by atoms with Gasteiger partial charge in [-0.3, -0.25) is 5.32 Å². The van der Waals surface area contributed by atoms with Crippen molar-refractivity contribution in [2.45, 2.75) is 140 Å². The van der Waals surface area contributed by atoms with Gasteiger partial charge in [-0.15, -0.1) is 0 Å². The average molecular weight is 433 g/mol. The summed E-state index contributed by atoms with van der Waals surface area (Å²) in [6, 6.07) is 0. The Labute approximate surface area is 185 Å². The fourth-order valence-corrected chi connectivity index (χ4v) is 4.11. The van der Waals surface area contributed by atoms with Gasteiger partial charge in [0, 0.05) is 1.37 Å². The molecule has 6 nitrogen and oxygen atoms in total.